The van der Waals surface area contributed by atoms with E-state index in [-0.39, 0.29) is 5.56 Å². The van der Waals surface area contributed by atoms with Crippen LogP contribution in [0.15, 0.2) is 30.3 Å². The molecular formula is C11H13NO7. The first-order valence-corrected chi connectivity index (χ1v) is 5.29. The Labute approximate surface area is 107 Å². The maximum Gasteiger partial charge on any atom is 0.414 e. The average Bonchev–Trinajstić information content (AvgIpc) is 2.44. The molecule has 0 fully saturated rings. The Kier molecular flexibility index (Phi) is 4.67. The molecule has 0 aliphatic heterocycles. The predicted molar refractivity (Wildman–Crippen MR) is 61.8 cm³/mol. The third-order valence-electron chi connectivity index (χ3n) is 2.61. The van der Waals surface area contributed by atoms with Gasteiger partial charge in [0.25, 0.3) is 5.78 Å². The summed E-state index contributed by atoms with van der Waals surface area (Å²) in [5, 5.41) is 48.0. The molecule has 8 heteroatoms. The molecule has 0 bridgehead atoms. The van der Waals surface area contributed by atoms with Crippen molar-refractivity contribution in [2.45, 2.75) is 17.9 Å². The fourth-order valence-corrected chi connectivity index (χ4v) is 1.50. The lowest BCUT2D eigenvalue weighted by Gasteiger charge is -2.25. The maximum atomic E-state index is 11.9. The number of Topliss-reactive ketones (excluding diaryl/α,β-unsaturated/α-hetero) is 1. The van der Waals surface area contributed by atoms with Crippen LogP contribution in [0.1, 0.15) is 10.4 Å². The summed E-state index contributed by atoms with van der Waals surface area (Å²) >= 11 is 0. The highest BCUT2D eigenvalue weighted by atomic mass is 16.7. The van der Waals surface area contributed by atoms with Gasteiger partial charge >= 0.3 is 5.72 Å². The van der Waals surface area contributed by atoms with Gasteiger partial charge in [0.05, 0.1) is 11.5 Å². The second-order valence-corrected chi connectivity index (χ2v) is 3.87. The van der Waals surface area contributed by atoms with E-state index in [0.717, 1.165) is 0 Å². The summed E-state index contributed by atoms with van der Waals surface area (Å²) in [6.45, 7) is -1.04. The molecule has 104 valence electrons. The second-order valence-electron chi connectivity index (χ2n) is 3.87. The number of hydrogen-bond acceptors (Lipinski definition) is 7. The highest BCUT2D eigenvalue weighted by Gasteiger charge is 2.58. The smallest absolute Gasteiger partial charge is 0.394 e. The molecule has 0 aliphatic rings. The van der Waals surface area contributed by atoms with Gasteiger partial charge in [0.2, 0.25) is 0 Å². The summed E-state index contributed by atoms with van der Waals surface area (Å²) in [5.41, 5.74) is -3.63. The van der Waals surface area contributed by atoms with Crippen molar-refractivity contribution in [1.29, 1.82) is 0 Å². The molecule has 3 atom stereocenters. The first-order chi connectivity index (χ1) is 8.85. The van der Waals surface area contributed by atoms with Crippen LogP contribution in [0, 0.1) is 10.1 Å². The molecule has 0 radical (unpaired) electrons. The number of hydrogen-bond donors (Lipinski definition) is 4. The molecule has 0 saturated carbocycles. The van der Waals surface area contributed by atoms with Crippen molar-refractivity contribution in [1.82, 2.24) is 0 Å². The molecule has 8 nitrogen and oxygen atoms in total. The monoisotopic (exact) mass is 271 g/mol. The third kappa shape index (κ3) is 2.76. The lowest BCUT2D eigenvalue weighted by molar-refractivity contribution is -0.617. The van der Waals surface area contributed by atoms with Gasteiger partial charge in [-0.3, -0.25) is 14.9 Å². The molecule has 0 saturated heterocycles. The van der Waals surface area contributed by atoms with Crippen molar-refractivity contribution >= 4 is 5.78 Å². The molecule has 1 rings (SSSR count). The summed E-state index contributed by atoms with van der Waals surface area (Å²) in [5.74, 6) is -1.38. The first-order valence-electron chi connectivity index (χ1n) is 5.29. The zero-order chi connectivity index (χ0) is 14.6. The highest BCUT2D eigenvalue weighted by Crippen LogP contribution is 2.21. The van der Waals surface area contributed by atoms with Gasteiger partial charge in [0.15, 0.2) is 6.10 Å². The van der Waals surface area contributed by atoms with Crippen LogP contribution in [-0.4, -0.2) is 55.7 Å². The summed E-state index contributed by atoms with van der Waals surface area (Å²) in [4.78, 5) is 21.4. The van der Waals surface area contributed by atoms with Gasteiger partial charge in [-0.25, -0.2) is 0 Å². The minimum absolute atomic E-state index is 0.203. The van der Waals surface area contributed by atoms with E-state index in [1.807, 2.05) is 0 Å². The van der Waals surface area contributed by atoms with Gasteiger partial charge in [-0.05, 0) is 0 Å². The van der Waals surface area contributed by atoms with Crippen LogP contribution in [0.4, 0.5) is 0 Å². The van der Waals surface area contributed by atoms with Crippen LogP contribution < -0.4 is 0 Å². The molecule has 0 aliphatic carbocycles. The fraction of sp³-hybridized carbons (Fsp3) is 0.364. The summed E-state index contributed by atoms with van der Waals surface area (Å²) < 4.78 is 0. The van der Waals surface area contributed by atoms with Crippen LogP contribution in [0.3, 0.4) is 0 Å². The first kappa shape index (κ1) is 15.2. The van der Waals surface area contributed by atoms with Gasteiger partial charge in [-0.1, -0.05) is 30.3 Å². The molecule has 0 spiro atoms. The number of carbonyl (C=O) groups excluding carboxylic acids is 1. The minimum Gasteiger partial charge on any atom is -0.394 e. The SMILES string of the molecule is O=C(c1ccccc1)[C@](O)([C@H](O)[C@H](O)CO)[N+](=O)[O-]. The van der Waals surface area contributed by atoms with Crippen molar-refractivity contribution < 1.29 is 30.1 Å². The van der Waals surface area contributed by atoms with Gasteiger partial charge in [-0.2, -0.15) is 0 Å². The van der Waals surface area contributed by atoms with Crippen LogP contribution >= 0.6 is 0 Å². The lowest BCUT2D eigenvalue weighted by atomic mass is 9.93. The van der Waals surface area contributed by atoms with E-state index in [1.54, 1.807) is 6.07 Å². The lowest BCUT2D eigenvalue weighted by Crippen LogP contribution is -2.60. The molecule has 0 heterocycles. The average molecular weight is 271 g/mol. The Balaban J connectivity index is 3.20. The number of benzene rings is 1. The number of nitro groups is 1. The predicted octanol–water partition coefficient (Wildman–Crippen LogP) is -1.45. The normalized spacial score (nSPS) is 17.3. The number of ketones is 1. The van der Waals surface area contributed by atoms with Crippen LogP contribution in [0.2, 0.25) is 0 Å². The Morgan fingerprint density at radius 1 is 1.32 bits per heavy atom. The molecule has 1 aromatic rings. The molecule has 19 heavy (non-hydrogen) atoms. The van der Waals surface area contributed by atoms with E-state index in [4.69, 9.17) is 5.11 Å². The van der Waals surface area contributed by atoms with Crippen molar-refractivity contribution in [2.75, 3.05) is 6.61 Å². The molecule has 4 N–H and O–H groups in total. The molecule has 0 aromatic heterocycles. The molecular weight excluding hydrogens is 258 g/mol. The van der Waals surface area contributed by atoms with E-state index in [9.17, 15) is 30.2 Å². The third-order valence-corrected chi connectivity index (χ3v) is 2.61. The van der Waals surface area contributed by atoms with Crippen molar-refractivity contribution in [3.63, 3.8) is 0 Å². The quantitative estimate of drug-likeness (QED) is 0.214. The van der Waals surface area contributed by atoms with E-state index in [2.05, 4.69) is 0 Å². The van der Waals surface area contributed by atoms with Gasteiger partial charge in [-0.15, -0.1) is 0 Å². The zero-order valence-electron chi connectivity index (χ0n) is 9.71. The Morgan fingerprint density at radius 3 is 2.26 bits per heavy atom. The Hall–Kier alpha value is -1.87. The maximum absolute atomic E-state index is 11.9. The van der Waals surface area contributed by atoms with Crippen LogP contribution in [-0.2, 0) is 0 Å². The van der Waals surface area contributed by atoms with Crippen molar-refractivity contribution in [3.05, 3.63) is 46.0 Å². The standard InChI is InChI=1S/C11H13NO7/c13-6-8(14)10(16)11(17,12(18)19)9(15)7-4-2-1-3-5-7/h1-5,8,10,13-14,16-17H,6H2/t8-,10-,11+/m1/s1. The molecule has 1 aromatic carbocycles. The number of aliphatic hydroxyl groups excluding tert-OH is 3. The van der Waals surface area contributed by atoms with Gasteiger partial charge < -0.3 is 20.4 Å². The van der Waals surface area contributed by atoms with Gasteiger partial charge in [0, 0.05) is 5.56 Å². The summed E-state index contributed by atoms with van der Waals surface area (Å²) in [6, 6.07) is 6.83. The van der Waals surface area contributed by atoms with Crippen LogP contribution in [0.25, 0.3) is 0 Å². The van der Waals surface area contributed by atoms with E-state index in [1.165, 1.54) is 24.3 Å². The number of aliphatic hydroxyl groups is 4. The number of carbonyl (C=O) groups is 1. The van der Waals surface area contributed by atoms with E-state index >= 15 is 0 Å². The second kappa shape index (κ2) is 5.85. The molecule has 0 amide bonds. The number of rotatable bonds is 6. The Morgan fingerprint density at radius 2 is 1.84 bits per heavy atom. The molecule has 0 unspecified atom stereocenters. The minimum atomic E-state index is -3.43. The van der Waals surface area contributed by atoms with Crippen molar-refractivity contribution in [2.24, 2.45) is 0 Å². The topological polar surface area (TPSA) is 141 Å². The Bertz CT molecular complexity index is 463. The largest absolute Gasteiger partial charge is 0.414 e. The summed E-state index contributed by atoms with van der Waals surface area (Å²) in [6.07, 6.45) is -4.48. The van der Waals surface area contributed by atoms with E-state index < -0.39 is 35.2 Å². The summed E-state index contributed by atoms with van der Waals surface area (Å²) in [7, 11) is 0. The highest BCUT2D eigenvalue weighted by molar-refractivity contribution is 6.01. The fourth-order valence-electron chi connectivity index (χ4n) is 1.50. The van der Waals surface area contributed by atoms with E-state index in [0.29, 0.717) is 0 Å². The van der Waals surface area contributed by atoms with Gasteiger partial charge in [0.1, 0.15) is 6.10 Å². The number of nitrogens with zero attached hydrogens (tertiary/aromatic N) is 1. The zero-order valence-corrected chi connectivity index (χ0v) is 9.71. The van der Waals surface area contributed by atoms with Crippen LogP contribution in [0.5, 0.6) is 0 Å². The van der Waals surface area contributed by atoms with Crippen molar-refractivity contribution in [3.8, 4) is 0 Å².